The minimum Gasteiger partial charge on any atom is -0.338 e. The Morgan fingerprint density at radius 1 is 0.606 bits per heavy atom. The van der Waals surface area contributed by atoms with Gasteiger partial charge in [0.2, 0.25) is 0 Å². The summed E-state index contributed by atoms with van der Waals surface area (Å²) in [5, 5.41) is 0. The molecule has 5 aromatic heterocycles. The van der Waals surface area contributed by atoms with E-state index in [9.17, 15) is 0 Å². The van der Waals surface area contributed by atoms with Gasteiger partial charge in [-0.25, -0.2) is 15.0 Å². The molecule has 0 spiro atoms. The van der Waals surface area contributed by atoms with E-state index in [4.69, 9.17) is 9.97 Å². The molecule has 0 aliphatic rings. The Hall–Kier alpha value is -4.78. The molecule has 7 aromatic rings. The Morgan fingerprint density at radius 2 is 1.24 bits per heavy atom. The third kappa shape index (κ3) is 2.98. The number of pyridine rings is 2. The Labute approximate surface area is 187 Å². The number of benzene rings is 2. The van der Waals surface area contributed by atoms with Gasteiger partial charge in [0.15, 0.2) is 0 Å². The first-order valence-electron chi connectivity index (χ1n) is 10.6. The third-order valence-corrected chi connectivity index (χ3v) is 5.91. The van der Waals surface area contributed by atoms with Gasteiger partial charge in [0.1, 0.15) is 17.3 Å². The summed E-state index contributed by atoms with van der Waals surface area (Å²) < 4.78 is 1.99. The minimum absolute atomic E-state index is 0.837. The number of nitrogens with one attached hydrogen (secondary N) is 2. The average Bonchev–Trinajstić information content (AvgIpc) is 3.60. The average molecular weight is 427 g/mol. The minimum atomic E-state index is 0.837. The van der Waals surface area contributed by atoms with Crippen molar-refractivity contribution in [1.29, 1.82) is 0 Å². The van der Waals surface area contributed by atoms with Crippen LogP contribution in [-0.2, 0) is 0 Å². The lowest BCUT2D eigenvalue weighted by molar-refractivity contribution is 1.17. The standard InChI is InChI=1S/C26H17N7/c1-4-20-22(31-25(29-20)16-7-9-27-10-8-16)13-17(1)18-2-5-21-23(14-18)32-26(30-21)19-3-6-24-28-11-12-33(24)15-19/h1-15H,(H,29,31)(H,30,32). The zero-order valence-electron chi connectivity index (χ0n) is 17.4. The maximum atomic E-state index is 4.79. The maximum absolute atomic E-state index is 4.79. The Kier molecular flexibility index (Phi) is 3.71. The van der Waals surface area contributed by atoms with Crippen molar-refractivity contribution in [3.8, 4) is 33.9 Å². The second-order valence-electron chi connectivity index (χ2n) is 7.98. The third-order valence-electron chi connectivity index (χ3n) is 5.91. The van der Waals surface area contributed by atoms with E-state index >= 15 is 0 Å². The summed E-state index contributed by atoms with van der Waals surface area (Å²) in [5.74, 6) is 1.68. The molecule has 0 radical (unpaired) electrons. The predicted octanol–water partition coefficient (Wildman–Crippen LogP) is 5.48. The molecular weight excluding hydrogens is 410 g/mol. The summed E-state index contributed by atoms with van der Waals surface area (Å²) in [6, 6.07) is 20.5. The van der Waals surface area contributed by atoms with Gasteiger partial charge in [-0.05, 0) is 59.7 Å². The fourth-order valence-electron chi connectivity index (χ4n) is 4.22. The zero-order chi connectivity index (χ0) is 21.8. The molecule has 0 aliphatic carbocycles. The van der Waals surface area contributed by atoms with Gasteiger partial charge in [0.25, 0.3) is 0 Å². The second kappa shape index (κ2) is 6.86. The molecule has 0 fully saturated rings. The van der Waals surface area contributed by atoms with Gasteiger partial charge < -0.3 is 14.4 Å². The van der Waals surface area contributed by atoms with Crippen molar-refractivity contribution in [2.75, 3.05) is 0 Å². The summed E-state index contributed by atoms with van der Waals surface area (Å²) in [4.78, 5) is 24.8. The van der Waals surface area contributed by atoms with Gasteiger partial charge in [-0.15, -0.1) is 0 Å². The molecule has 156 valence electrons. The highest BCUT2D eigenvalue weighted by Gasteiger charge is 2.10. The molecule has 7 heteroatoms. The van der Waals surface area contributed by atoms with Crippen LogP contribution in [0.4, 0.5) is 0 Å². The maximum Gasteiger partial charge on any atom is 0.139 e. The second-order valence-corrected chi connectivity index (χ2v) is 7.98. The number of aromatic amines is 2. The first kappa shape index (κ1) is 17.9. The van der Waals surface area contributed by atoms with Crippen LogP contribution in [0.3, 0.4) is 0 Å². The Balaban J connectivity index is 1.27. The van der Waals surface area contributed by atoms with Gasteiger partial charge >= 0.3 is 0 Å². The molecule has 2 N–H and O–H groups in total. The molecule has 0 unspecified atom stereocenters. The normalized spacial score (nSPS) is 11.6. The van der Waals surface area contributed by atoms with Crippen molar-refractivity contribution in [3.05, 3.63) is 91.6 Å². The van der Waals surface area contributed by atoms with Crippen LogP contribution >= 0.6 is 0 Å². The largest absolute Gasteiger partial charge is 0.338 e. The summed E-state index contributed by atoms with van der Waals surface area (Å²) in [5.41, 5.74) is 9.04. The van der Waals surface area contributed by atoms with Gasteiger partial charge in [-0.1, -0.05) is 12.1 Å². The van der Waals surface area contributed by atoms with E-state index in [1.807, 2.05) is 41.1 Å². The van der Waals surface area contributed by atoms with E-state index in [0.717, 1.165) is 61.6 Å². The van der Waals surface area contributed by atoms with Crippen LogP contribution < -0.4 is 0 Å². The number of nitrogens with zero attached hydrogens (tertiary/aromatic N) is 5. The highest BCUT2D eigenvalue weighted by atomic mass is 15.0. The number of hydrogen-bond donors (Lipinski definition) is 2. The van der Waals surface area contributed by atoms with Crippen LogP contribution in [0.1, 0.15) is 0 Å². The predicted molar refractivity (Wildman–Crippen MR) is 129 cm³/mol. The molecule has 0 saturated heterocycles. The number of rotatable bonds is 3. The van der Waals surface area contributed by atoms with Crippen molar-refractivity contribution in [2.24, 2.45) is 0 Å². The summed E-state index contributed by atoms with van der Waals surface area (Å²) in [6.45, 7) is 0. The molecular formula is C26H17N7. The first-order chi connectivity index (χ1) is 16.3. The van der Waals surface area contributed by atoms with E-state index in [2.05, 4.69) is 56.3 Å². The van der Waals surface area contributed by atoms with E-state index in [1.54, 1.807) is 18.6 Å². The fourth-order valence-corrected chi connectivity index (χ4v) is 4.22. The van der Waals surface area contributed by atoms with Crippen LogP contribution in [0, 0.1) is 0 Å². The lowest BCUT2D eigenvalue weighted by atomic mass is 10.0. The van der Waals surface area contributed by atoms with Crippen molar-refractivity contribution < 1.29 is 0 Å². The van der Waals surface area contributed by atoms with Crippen LogP contribution in [-0.4, -0.2) is 34.3 Å². The summed E-state index contributed by atoms with van der Waals surface area (Å²) in [7, 11) is 0. The topological polar surface area (TPSA) is 87.5 Å². The molecule has 0 bridgehead atoms. The number of H-pyrrole nitrogens is 2. The highest BCUT2D eigenvalue weighted by Crippen LogP contribution is 2.29. The van der Waals surface area contributed by atoms with Gasteiger partial charge in [-0.3, -0.25) is 4.98 Å². The molecule has 0 aliphatic heterocycles. The van der Waals surface area contributed by atoms with Crippen LogP contribution in [0.25, 0.3) is 61.6 Å². The highest BCUT2D eigenvalue weighted by molar-refractivity contribution is 5.88. The lowest BCUT2D eigenvalue weighted by Gasteiger charge is -2.01. The molecule has 2 aromatic carbocycles. The van der Waals surface area contributed by atoms with Gasteiger partial charge in [0, 0.05) is 42.1 Å². The zero-order valence-corrected chi connectivity index (χ0v) is 17.4. The van der Waals surface area contributed by atoms with Gasteiger partial charge in [-0.2, -0.15) is 0 Å². The van der Waals surface area contributed by atoms with Gasteiger partial charge in [0.05, 0.1) is 22.1 Å². The first-order valence-corrected chi connectivity index (χ1v) is 10.6. The fraction of sp³-hybridized carbons (Fsp3) is 0. The SMILES string of the molecule is c1cc(-c2nc3ccc(-c4ccc5nc(-c6ccc7nccn7c6)[nH]c5c4)cc3[nH]2)ccn1. The van der Waals surface area contributed by atoms with Crippen molar-refractivity contribution in [2.45, 2.75) is 0 Å². The molecule has 0 amide bonds. The molecule has 0 atom stereocenters. The molecule has 5 heterocycles. The lowest BCUT2D eigenvalue weighted by Crippen LogP contribution is -1.86. The molecule has 0 saturated carbocycles. The van der Waals surface area contributed by atoms with E-state index in [1.165, 1.54) is 0 Å². The molecule has 7 nitrogen and oxygen atoms in total. The van der Waals surface area contributed by atoms with E-state index < -0.39 is 0 Å². The smallest absolute Gasteiger partial charge is 0.139 e. The van der Waals surface area contributed by atoms with Crippen molar-refractivity contribution >= 4 is 27.7 Å². The van der Waals surface area contributed by atoms with Crippen LogP contribution in [0.2, 0.25) is 0 Å². The quantitative estimate of drug-likeness (QED) is 0.391. The number of fused-ring (bicyclic) bond motifs is 3. The number of hydrogen-bond acceptors (Lipinski definition) is 4. The van der Waals surface area contributed by atoms with E-state index in [-0.39, 0.29) is 0 Å². The van der Waals surface area contributed by atoms with Crippen LogP contribution in [0.15, 0.2) is 91.6 Å². The molecule has 33 heavy (non-hydrogen) atoms. The Bertz CT molecular complexity index is 1770. The monoisotopic (exact) mass is 427 g/mol. The van der Waals surface area contributed by atoms with Crippen molar-refractivity contribution in [1.82, 2.24) is 34.3 Å². The molecule has 7 rings (SSSR count). The number of imidazole rings is 3. The summed E-state index contributed by atoms with van der Waals surface area (Å²) in [6.07, 6.45) is 9.31. The summed E-state index contributed by atoms with van der Waals surface area (Å²) >= 11 is 0. The van der Waals surface area contributed by atoms with E-state index in [0.29, 0.717) is 0 Å². The van der Waals surface area contributed by atoms with Crippen molar-refractivity contribution in [3.63, 3.8) is 0 Å². The number of aromatic nitrogens is 7. The Morgan fingerprint density at radius 3 is 1.94 bits per heavy atom. The van der Waals surface area contributed by atoms with Crippen LogP contribution in [0.5, 0.6) is 0 Å².